The van der Waals surface area contributed by atoms with Crippen LogP contribution < -0.4 is 15.4 Å². The quantitative estimate of drug-likeness (QED) is 0.852. The molecule has 1 aliphatic rings. The second kappa shape index (κ2) is 5.59. The number of nitrogens with zero attached hydrogens (tertiary/aromatic N) is 1. The fraction of sp³-hybridized carbons (Fsp3) is 0.462. The Labute approximate surface area is 112 Å². The largest absolute Gasteiger partial charge is 0.479 e. The number of rotatable bonds is 4. The second-order valence-corrected chi connectivity index (χ2v) is 4.79. The van der Waals surface area contributed by atoms with Crippen LogP contribution in [0.5, 0.6) is 5.75 Å². The number of fused-ring (bicyclic) bond motifs is 1. The topological polar surface area (TPSA) is 55.6 Å². The number of ether oxygens (including phenoxy) is 1. The molecule has 1 atom stereocenters. The number of nitrogens with two attached hydrogens (primary N) is 1. The summed E-state index contributed by atoms with van der Waals surface area (Å²) in [4.78, 5) is 13.9. The minimum atomic E-state index is -0.448. The molecule has 0 radical (unpaired) electrons. The first-order valence-electron chi connectivity index (χ1n) is 6.11. The fourth-order valence-corrected chi connectivity index (χ4v) is 2.19. The Bertz CT molecular complexity index is 451. The van der Waals surface area contributed by atoms with Gasteiger partial charge >= 0.3 is 0 Å². The first-order chi connectivity index (χ1) is 8.63. The number of carbonyl (C=O) groups is 1. The highest BCUT2D eigenvalue weighted by Gasteiger charge is 2.31. The Morgan fingerprint density at radius 2 is 2.22 bits per heavy atom. The number of hydrogen-bond donors (Lipinski definition) is 1. The standard InChI is InChI=1S/C13H17ClN2O2/c1-9-13(17)16(7-3-2-6-15)11-8-10(14)4-5-12(11)18-9/h4-5,8-9H,2-3,6-7,15H2,1H3. The van der Waals surface area contributed by atoms with Crippen molar-refractivity contribution in [3.63, 3.8) is 0 Å². The summed E-state index contributed by atoms with van der Waals surface area (Å²) in [5.74, 6) is 0.682. The maximum atomic E-state index is 12.1. The maximum Gasteiger partial charge on any atom is 0.267 e. The van der Waals surface area contributed by atoms with Crippen LogP contribution in [0.1, 0.15) is 19.8 Å². The Morgan fingerprint density at radius 3 is 2.94 bits per heavy atom. The monoisotopic (exact) mass is 268 g/mol. The summed E-state index contributed by atoms with van der Waals surface area (Å²) in [6.45, 7) is 3.05. The third-order valence-electron chi connectivity index (χ3n) is 2.97. The average molecular weight is 269 g/mol. The van der Waals surface area contributed by atoms with Gasteiger partial charge in [-0.15, -0.1) is 0 Å². The molecule has 2 N–H and O–H groups in total. The fourth-order valence-electron chi connectivity index (χ4n) is 2.03. The highest BCUT2D eigenvalue weighted by atomic mass is 35.5. The van der Waals surface area contributed by atoms with E-state index >= 15 is 0 Å². The zero-order chi connectivity index (χ0) is 13.1. The molecule has 5 heteroatoms. The summed E-state index contributed by atoms with van der Waals surface area (Å²) in [6.07, 6.45) is 1.33. The Balaban J connectivity index is 2.26. The smallest absolute Gasteiger partial charge is 0.267 e. The molecule has 0 spiro atoms. The molecule has 1 aromatic carbocycles. The van der Waals surface area contributed by atoms with Crippen LogP contribution in [-0.2, 0) is 4.79 Å². The third kappa shape index (κ3) is 2.60. The molecule has 2 rings (SSSR count). The van der Waals surface area contributed by atoms with Gasteiger partial charge < -0.3 is 15.4 Å². The van der Waals surface area contributed by atoms with Gasteiger partial charge in [-0.05, 0) is 44.5 Å². The van der Waals surface area contributed by atoms with Crippen LogP contribution in [0.15, 0.2) is 18.2 Å². The van der Waals surface area contributed by atoms with E-state index < -0.39 is 6.10 Å². The first-order valence-corrected chi connectivity index (χ1v) is 6.49. The van der Waals surface area contributed by atoms with Crippen molar-refractivity contribution < 1.29 is 9.53 Å². The van der Waals surface area contributed by atoms with Gasteiger partial charge in [0.25, 0.3) is 5.91 Å². The molecule has 0 aromatic heterocycles. The molecule has 0 saturated carbocycles. The molecule has 0 saturated heterocycles. The van der Waals surface area contributed by atoms with E-state index in [4.69, 9.17) is 22.1 Å². The number of carbonyl (C=O) groups excluding carboxylic acids is 1. The Kier molecular flexibility index (Phi) is 4.09. The van der Waals surface area contributed by atoms with Crippen molar-refractivity contribution in [1.29, 1.82) is 0 Å². The summed E-state index contributed by atoms with van der Waals surface area (Å²) < 4.78 is 5.56. The molecular formula is C13H17ClN2O2. The van der Waals surface area contributed by atoms with Gasteiger partial charge in [0.2, 0.25) is 0 Å². The number of unbranched alkanes of at least 4 members (excludes halogenated alkanes) is 1. The predicted octanol–water partition coefficient (Wildman–Crippen LogP) is 2.19. The van der Waals surface area contributed by atoms with E-state index in [9.17, 15) is 4.79 Å². The van der Waals surface area contributed by atoms with Crippen molar-refractivity contribution in [2.75, 3.05) is 18.0 Å². The van der Waals surface area contributed by atoms with Gasteiger partial charge in [0.15, 0.2) is 6.10 Å². The van der Waals surface area contributed by atoms with Crippen molar-refractivity contribution in [1.82, 2.24) is 0 Å². The van der Waals surface area contributed by atoms with E-state index in [0.29, 0.717) is 23.9 Å². The molecule has 0 bridgehead atoms. The van der Waals surface area contributed by atoms with E-state index in [-0.39, 0.29) is 5.91 Å². The Morgan fingerprint density at radius 1 is 1.44 bits per heavy atom. The van der Waals surface area contributed by atoms with E-state index in [1.807, 2.05) is 0 Å². The summed E-state index contributed by atoms with van der Waals surface area (Å²) in [6, 6.07) is 5.33. The lowest BCUT2D eigenvalue weighted by Gasteiger charge is -2.33. The lowest BCUT2D eigenvalue weighted by atomic mass is 10.1. The van der Waals surface area contributed by atoms with Crippen molar-refractivity contribution in [2.45, 2.75) is 25.9 Å². The average Bonchev–Trinajstić information content (AvgIpc) is 2.35. The third-order valence-corrected chi connectivity index (χ3v) is 3.20. The number of halogens is 1. The van der Waals surface area contributed by atoms with Gasteiger partial charge in [-0.25, -0.2) is 0 Å². The van der Waals surface area contributed by atoms with Gasteiger partial charge in [-0.1, -0.05) is 11.6 Å². The van der Waals surface area contributed by atoms with Gasteiger partial charge in [-0.3, -0.25) is 4.79 Å². The first kappa shape index (κ1) is 13.2. The van der Waals surface area contributed by atoms with Crippen LogP contribution in [0, 0.1) is 0 Å². The van der Waals surface area contributed by atoms with Crippen LogP contribution in [-0.4, -0.2) is 25.1 Å². The maximum absolute atomic E-state index is 12.1. The molecule has 1 unspecified atom stereocenters. The highest BCUT2D eigenvalue weighted by Crippen LogP contribution is 2.36. The van der Waals surface area contributed by atoms with Gasteiger partial charge in [0, 0.05) is 11.6 Å². The molecule has 0 fully saturated rings. The van der Waals surface area contributed by atoms with Crippen LogP contribution in [0.25, 0.3) is 0 Å². The zero-order valence-electron chi connectivity index (χ0n) is 10.4. The molecule has 1 amide bonds. The van der Waals surface area contributed by atoms with Crippen molar-refractivity contribution >= 4 is 23.2 Å². The van der Waals surface area contributed by atoms with Crippen LogP contribution in [0.3, 0.4) is 0 Å². The van der Waals surface area contributed by atoms with Gasteiger partial charge in [0.05, 0.1) is 5.69 Å². The van der Waals surface area contributed by atoms with Gasteiger partial charge in [-0.2, -0.15) is 0 Å². The van der Waals surface area contributed by atoms with Crippen molar-refractivity contribution in [2.24, 2.45) is 5.73 Å². The van der Waals surface area contributed by atoms with Crippen LogP contribution >= 0.6 is 11.6 Å². The highest BCUT2D eigenvalue weighted by molar-refractivity contribution is 6.31. The van der Waals surface area contributed by atoms with Crippen LogP contribution in [0.2, 0.25) is 5.02 Å². The molecule has 4 nitrogen and oxygen atoms in total. The van der Waals surface area contributed by atoms with E-state index in [0.717, 1.165) is 18.5 Å². The number of benzene rings is 1. The van der Waals surface area contributed by atoms with Crippen LogP contribution in [0.4, 0.5) is 5.69 Å². The molecule has 1 aliphatic heterocycles. The summed E-state index contributed by atoms with van der Waals surface area (Å²) in [5, 5.41) is 0.600. The lowest BCUT2D eigenvalue weighted by molar-refractivity contribution is -0.125. The molecule has 1 heterocycles. The summed E-state index contributed by atoms with van der Waals surface area (Å²) in [5.41, 5.74) is 6.23. The van der Waals surface area contributed by atoms with E-state index in [2.05, 4.69) is 0 Å². The predicted molar refractivity (Wildman–Crippen MR) is 72.2 cm³/mol. The minimum Gasteiger partial charge on any atom is -0.479 e. The summed E-state index contributed by atoms with van der Waals surface area (Å²) >= 11 is 5.97. The molecule has 0 aliphatic carbocycles. The van der Waals surface area contributed by atoms with Crippen molar-refractivity contribution in [3.8, 4) is 5.75 Å². The lowest BCUT2D eigenvalue weighted by Crippen LogP contribution is -2.44. The zero-order valence-corrected chi connectivity index (χ0v) is 11.1. The van der Waals surface area contributed by atoms with Crippen molar-refractivity contribution in [3.05, 3.63) is 23.2 Å². The SMILES string of the molecule is CC1Oc2ccc(Cl)cc2N(CCCCN)C1=O. The number of hydrogen-bond acceptors (Lipinski definition) is 3. The number of amides is 1. The molecule has 98 valence electrons. The molecular weight excluding hydrogens is 252 g/mol. The Hall–Kier alpha value is -1.26. The van der Waals surface area contributed by atoms with E-state index in [1.54, 1.807) is 30.0 Å². The molecule has 1 aromatic rings. The van der Waals surface area contributed by atoms with E-state index in [1.165, 1.54) is 0 Å². The second-order valence-electron chi connectivity index (χ2n) is 4.36. The summed E-state index contributed by atoms with van der Waals surface area (Å²) in [7, 11) is 0. The minimum absolute atomic E-state index is 0.0261. The van der Waals surface area contributed by atoms with Gasteiger partial charge in [0.1, 0.15) is 5.75 Å². The molecule has 18 heavy (non-hydrogen) atoms. The normalized spacial score (nSPS) is 18.5. The number of anilines is 1.